The van der Waals surface area contributed by atoms with Gasteiger partial charge in [-0.05, 0) is 44.2 Å². The van der Waals surface area contributed by atoms with Gasteiger partial charge in [0.2, 0.25) is 0 Å². The molecule has 0 saturated carbocycles. The van der Waals surface area contributed by atoms with Crippen LogP contribution in [0.4, 0.5) is 13.2 Å². The molecule has 1 rings (SSSR count). The smallest absolute Gasteiger partial charge is 0.307 e. The number of hydrogen-bond donors (Lipinski definition) is 1. The van der Waals surface area contributed by atoms with E-state index in [1.54, 1.807) is 0 Å². The molecule has 1 unspecified atom stereocenters. The molecular formula is C14H27F3N2. The van der Waals surface area contributed by atoms with Gasteiger partial charge in [-0.3, -0.25) is 4.90 Å². The van der Waals surface area contributed by atoms with Crippen molar-refractivity contribution in [3.05, 3.63) is 0 Å². The normalized spacial score (nSPS) is 21.6. The van der Waals surface area contributed by atoms with E-state index in [-0.39, 0.29) is 6.04 Å². The maximum Gasteiger partial charge on any atom is 0.401 e. The first-order valence-electron chi connectivity index (χ1n) is 7.11. The fraction of sp³-hybridized carbons (Fsp3) is 1.00. The second kappa shape index (κ2) is 6.44. The summed E-state index contributed by atoms with van der Waals surface area (Å²) in [7, 11) is 0. The third-order valence-electron chi connectivity index (χ3n) is 4.14. The van der Waals surface area contributed by atoms with Crippen LogP contribution in [-0.2, 0) is 0 Å². The molecule has 0 radical (unpaired) electrons. The van der Waals surface area contributed by atoms with Crippen molar-refractivity contribution >= 4 is 0 Å². The van der Waals surface area contributed by atoms with Crippen molar-refractivity contribution in [1.82, 2.24) is 10.2 Å². The summed E-state index contributed by atoms with van der Waals surface area (Å²) in [5.41, 5.74) is 0.337. The van der Waals surface area contributed by atoms with E-state index < -0.39 is 12.7 Å². The lowest BCUT2D eigenvalue weighted by molar-refractivity contribution is -0.125. The SMILES string of the molecule is CC(CNCC(F)(F)F)N1CCC(C(C)(C)C)CC1. The van der Waals surface area contributed by atoms with Crippen molar-refractivity contribution in [2.24, 2.45) is 11.3 Å². The van der Waals surface area contributed by atoms with Gasteiger partial charge in [0.1, 0.15) is 0 Å². The zero-order valence-electron chi connectivity index (χ0n) is 12.5. The van der Waals surface area contributed by atoms with Crippen molar-refractivity contribution in [1.29, 1.82) is 0 Å². The van der Waals surface area contributed by atoms with Gasteiger partial charge < -0.3 is 5.32 Å². The van der Waals surface area contributed by atoms with E-state index in [9.17, 15) is 13.2 Å². The Hall–Kier alpha value is -0.290. The molecule has 19 heavy (non-hydrogen) atoms. The first-order valence-corrected chi connectivity index (χ1v) is 7.11. The van der Waals surface area contributed by atoms with Crippen LogP contribution >= 0.6 is 0 Å². The van der Waals surface area contributed by atoms with Gasteiger partial charge in [-0.25, -0.2) is 0 Å². The third kappa shape index (κ3) is 6.13. The van der Waals surface area contributed by atoms with E-state index >= 15 is 0 Å². The van der Waals surface area contributed by atoms with Gasteiger partial charge in [0.15, 0.2) is 0 Å². The van der Waals surface area contributed by atoms with Crippen LogP contribution in [0.1, 0.15) is 40.5 Å². The molecule has 1 aliphatic rings. The molecule has 2 nitrogen and oxygen atoms in total. The molecule has 1 aliphatic heterocycles. The van der Waals surface area contributed by atoms with E-state index in [2.05, 4.69) is 31.0 Å². The van der Waals surface area contributed by atoms with Crippen LogP contribution in [0.5, 0.6) is 0 Å². The van der Waals surface area contributed by atoms with E-state index in [0.29, 0.717) is 12.0 Å². The number of halogens is 3. The molecule has 1 fully saturated rings. The van der Waals surface area contributed by atoms with Crippen molar-refractivity contribution < 1.29 is 13.2 Å². The number of alkyl halides is 3. The molecule has 1 atom stereocenters. The third-order valence-corrected chi connectivity index (χ3v) is 4.14. The Morgan fingerprint density at radius 1 is 1.16 bits per heavy atom. The Morgan fingerprint density at radius 2 is 1.68 bits per heavy atom. The monoisotopic (exact) mass is 280 g/mol. The highest BCUT2D eigenvalue weighted by molar-refractivity contribution is 4.83. The predicted molar refractivity (Wildman–Crippen MR) is 72.1 cm³/mol. The van der Waals surface area contributed by atoms with Gasteiger partial charge in [-0.15, -0.1) is 0 Å². The first-order chi connectivity index (χ1) is 8.59. The topological polar surface area (TPSA) is 15.3 Å². The number of rotatable bonds is 4. The second-order valence-electron chi connectivity index (χ2n) is 6.77. The molecule has 1 saturated heterocycles. The van der Waals surface area contributed by atoms with Gasteiger partial charge in [-0.1, -0.05) is 20.8 Å². The summed E-state index contributed by atoms with van der Waals surface area (Å²) in [5.74, 6) is 0.721. The van der Waals surface area contributed by atoms with Crippen LogP contribution < -0.4 is 5.32 Å². The van der Waals surface area contributed by atoms with Crippen LogP contribution in [0.2, 0.25) is 0 Å². The maximum absolute atomic E-state index is 12.1. The van der Waals surface area contributed by atoms with E-state index in [1.165, 1.54) is 0 Å². The number of piperidine rings is 1. The molecule has 1 heterocycles. The number of likely N-dealkylation sites (tertiary alicyclic amines) is 1. The van der Waals surface area contributed by atoms with E-state index in [0.717, 1.165) is 31.8 Å². The van der Waals surface area contributed by atoms with Crippen molar-refractivity contribution in [3.8, 4) is 0 Å². The Kier molecular flexibility index (Phi) is 5.68. The molecule has 0 aromatic heterocycles. The molecule has 0 bridgehead atoms. The van der Waals surface area contributed by atoms with Crippen molar-refractivity contribution in [2.45, 2.75) is 52.8 Å². The molecular weight excluding hydrogens is 253 g/mol. The minimum Gasteiger partial charge on any atom is -0.307 e. The zero-order chi connectivity index (χ0) is 14.7. The quantitative estimate of drug-likeness (QED) is 0.850. The fourth-order valence-corrected chi connectivity index (χ4v) is 2.76. The van der Waals surface area contributed by atoms with Crippen LogP contribution in [0, 0.1) is 11.3 Å². The Balaban J connectivity index is 2.27. The number of nitrogens with zero attached hydrogens (tertiary/aromatic N) is 1. The predicted octanol–water partition coefficient (Wildman–Crippen LogP) is 3.28. The largest absolute Gasteiger partial charge is 0.401 e. The Morgan fingerprint density at radius 3 is 2.11 bits per heavy atom. The van der Waals surface area contributed by atoms with E-state index in [1.807, 2.05) is 6.92 Å². The summed E-state index contributed by atoms with van der Waals surface area (Å²) >= 11 is 0. The summed E-state index contributed by atoms with van der Waals surface area (Å²) in [4.78, 5) is 2.30. The highest BCUT2D eigenvalue weighted by Crippen LogP contribution is 2.34. The lowest BCUT2D eigenvalue weighted by atomic mass is 9.75. The fourth-order valence-electron chi connectivity index (χ4n) is 2.76. The summed E-state index contributed by atoms with van der Waals surface area (Å²) in [6.07, 6.45) is -1.82. The lowest BCUT2D eigenvalue weighted by Crippen LogP contribution is -2.47. The minimum absolute atomic E-state index is 0.170. The standard InChI is InChI=1S/C14H27F3N2/c1-11(9-18-10-14(15,16)17)19-7-5-12(6-8-19)13(2,3)4/h11-12,18H,5-10H2,1-4H3. The first kappa shape index (κ1) is 16.8. The summed E-state index contributed by atoms with van der Waals surface area (Å²) in [5, 5.41) is 2.50. The summed E-state index contributed by atoms with van der Waals surface area (Å²) in [6, 6.07) is 0.170. The van der Waals surface area contributed by atoms with E-state index in [4.69, 9.17) is 0 Å². The average Bonchev–Trinajstić information content (AvgIpc) is 2.26. The minimum atomic E-state index is -4.11. The summed E-state index contributed by atoms with van der Waals surface area (Å²) in [6.45, 7) is 10.3. The molecule has 1 N–H and O–H groups in total. The maximum atomic E-state index is 12.1. The Labute approximate surface area is 114 Å². The molecule has 0 aromatic rings. The molecule has 0 aromatic carbocycles. The van der Waals surface area contributed by atoms with Crippen molar-refractivity contribution in [3.63, 3.8) is 0 Å². The van der Waals surface area contributed by atoms with Crippen LogP contribution in [0.15, 0.2) is 0 Å². The highest BCUT2D eigenvalue weighted by atomic mass is 19.4. The molecule has 0 aliphatic carbocycles. The zero-order valence-corrected chi connectivity index (χ0v) is 12.5. The molecule has 5 heteroatoms. The van der Waals surface area contributed by atoms with Gasteiger partial charge in [0.25, 0.3) is 0 Å². The van der Waals surface area contributed by atoms with Gasteiger partial charge in [-0.2, -0.15) is 13.2 Å². The number of nitrogens with one attached hydrogen (secondary N) is 1. The van der Waals surface area contributed by atoms with Crippen LogP contribution in [-0.4, -0.2) is 43.3 Å². The van der Waals surface area contributed by atoms with Gasteiger partial charge in [0, 0.05) is 12.6 Å². The Bertz CT molecular complexity index is 263. The van der Waals surface area contributed by atoms with Gasteiger partial charge >= 0.3 is 6.18 Å². The summed E-state index contributed by atoms with van der Waals surface area (Å²) < 4.78 is 36.2. The van der Waals surface area contributed by atoms with Crippen LogP contribution in [0.3, 0.4) is 0 Å². The molecule has 0 spiro atoms. The van der Waals surface area contributed by atoms with Crippen molar-refractivity contribution in [2.75, 3.05) is 26.2 Å². The molecule has 114 valence electrons. The lowest BCUT2D eigenvalue weighted by Gasteiger charge is -2.41. The second-order valence-corrected chi connectivity index (χ2v) is 6.77. The average molecular weight is 280 g/mol. The van der Waals surface area contributed by atoms with Crippen LogP contribution in [0.25, 0.3) is 0 Å². The van der Waals surface area contributed by atoms with Gasteiger partial charge in [0.05, 0.1) is 6.54 Å². The highest BCUT2D eigenvalue weighted by Gasteiger charge is 2.31. The number of hydrogen-bond acceptors (Lipinski definition) is 2. The molecule has 0 amide bonds.